The lowest BCUT2D eigenvalue weighted by Crippen LogP contribution is -2.13. The smallest absolute Gasteiger partial charge is 0.133 e. The van der Waals surface area contributed by atoms with Crippen LogP contribution in [0.4, 0.5) is 0 Å². The summed E-state index contributed by atoms with van der Waals surface area (Å²) in [5.74, 6) is 0.891. The Morgan fingerprint density at radius 1 is 1.41 bits per heavy atom. The zero-order valence-electron chi connectivity index (χ0n) is 10.5. The Balaban J connectivity index is 2.53. The van der Waals surface area contributed by atoms with E-state index in [0.717, 1.165) is 29.7 Å². The first-order chi connectivity index (χ1) is 8.27. The fourth-order valence-electron chi connectivity index (χ4n) is 1.41. The summed E-state index contributed by atoms with van der Waals surface area (Å²) < 4.78 is 6.62. The highest BCUT2D eigenvalue weighted by molar-refractivity contribution is 9.10. The van der Waals surface area contributed by atoms with Crippen LogP contribution in [0.3, 0.4) is 0 Å². The molecule has 0 saturated carbocycles. The van der Waals surface area contributed by atoms with Crippen molar-refractivity contribution in [3.63, 3.8) is 0 Å². The van der Waals surface area contributed by atoms with Crippen molar-refractivity contribution in [3.8, 4) is 5.75 Å². The molecule has 0 radical (unpaired) electrons. The summed E-state index contributed by atoms with van der Waals surface area (Å²) in [6.45, 7) is 6.73. The van der Waals surface area contributed by atoms with Crippen LogP contribution >= 0.6 is 15.9 Å². The molecule has 1 N–H and O–H groups in total. The Labute approximate surface area is 112 Å². The number of halogens is 1. The third-order valence-electron chi connectivity index (χ3n) is 2.32. The van der Waals surface area contributed by atoms with Crippen molar-refractivity contribution < 1.29 is 4.74 Å². The molecule has 94 valence electrons. The minimum atomic E-state index is 0.614. The summed E-state index contributed by atoms with van der Waals surface area (Å²) >= 11 is 3.53. The first kappa shape index (κ1) is 14.3. The molecular formula is C14H20BrNO. The summed E-state index contributed by atoms with van der Waals surface area (Å²) in [7, 11) is 0. The zero-order chi connectivity index (χ0) is 12.5. The Morgan fingerprint density at radius 3 is 2.88 bits per heavy atom. The molecular weight excluding hydrogens is 278 g/mol. The summed E-state index contributed by atoms with van der Waals surface area (Å²) in [6, 6.07) is 6.21. The van der Waals surface area contributed by atoms with Gasteiger partial charge in [0.1, 0.15) is 12.4 Å². The number of benzene rings is 1. The summed E-state index contributed by atoms with van der Waals surface area (Å²) in [4.78, 5) is 0. The molecule has 1 aromatic carbocycles. The van der Waals surface area contributed by atoms with Crippen molar-refractivity contribution in [2.45, 2.75) is 26.8 Å². The second-order valence-electron chi connectivity index (χ2n) is 3.82. The van der Waals surface area contributed by atoms with Crippen LogP contribution in [0.2, 0.25) is 0 Å². The van der Waals surface area contributed by atoms with E-state index in [-0.39, 0.29) is 0 Å². The fourth-order valence-corrected chi connectivity index (χ4v) is 1.96. The molecule has 1 aromatic rings. The van der Waals surface area contributed by atoms with E-state index in [4.69, 9.17) is 4.74 Å². The maximum atomic E-state index is 5.60. The minimum Gasteiger partial charge on any atom is -0.488 e. The summed E-state index contributed by atoms with van der Waals surface area (Å²) in [5, 5.41) is 3.38. The molecule has 0 bridgehead atoms. The largest absolute Gasteiger partial charge is 0.488 e. The van der Waals surface area contributed by atoms with Crippen LogP contribution in [0, 0.1) is 0 Å². The van der Waals surface area contributed by atoms with Crippen molar-refractivity contribution in [3.05, 3.63) is 40.4 Å². The number of allylic oxidation sites excluding steroid dienone is 1. The first-order valence-electron chi connectivity index (χ1n) is 6.01. The Kier molecular flexibility index (Phi) is 6.97. The van der Waals surface area contributed by atoms with E-state index in [9.17, 15) is 0 Å². The molecule has 0 unspecified atom stereocenters. The number of hydrogen-bond acceptors (Lipinski definition) is 2. The molecule has 0 fully saturated rings. The van der Waals surface area contributed by atoms with E-state index in [1.54, 1.807) is 0 Å². The Morgan fingerprint density at radius 2 is 2.24 bits per heavy atom. The van der Waals surface area contributed by atoms with Gasteiger partial charge < -0.3 is 10.1 Å². The SMILES string of the molecule is CC=CCOc1ccc(CNCCC)cc1Br. The Hall–Kier alpha value is -0.800. The van der Waals surface area contributed by atoms with E-state index in [1.165, 1.54) is 5.56 Å². The maximum absolute atomic E-state index is 5.60. The van der Waals surface area contributed by atoms with E-state index in [1.807, 2.05) is 25.1 Å². The normalized spacial score (nSPS) is 11.0. The van der Waals surface area contributed by atoms with E-state index in [0.29, 0.717) is 6.61 Å². The fraction of sp³-hybridized carbons (Fsp3) is 0.429. The van der Waals surface area contributed by atoms with Gasteiger partial charge in [-0.15, -0.1) is 0 Å². The summed E-state index contributed by atoms with van der Waals surface area (Å²) in [5.41, 5.74) is 1.27. The van der Waals surface area contributed by atoms with Gasteiger partial charge in [-0.3, -0.25) is 0 Å². The predicted octanol–water partition coefficient (Wildman–Crippen LogP) is 3.90. The van der Waals surface area contributed by atoms with Crippen molar-refractivity contribution in [2.24, 2.45) is 0 Å². The molecule has 0 atom stereocenters. The van der Waals surface area contributed by atoms with Crippen LogP contribution in [0.1, 0.15) is 25.8 Å². The molecule has 0 amide bonds. The molecule has 0 spiro atoms. The maximum Gasteiger partial charge on any atom is 0.133 e. The van der Waals surface area contributed by atoms with Crippen molar-refractivity contribution in [1.29, 1.82) is 0 Å². The third kappa shape index (κ3) is 5.37. The molecule has 0 aliphatic carbocycles. The minimum absolute atomic E-state index is 0.614. The van der Waals surface area contributed by atoms with Gasteiger partial charge in [0.15, 0.2) is 0 Å². The lowest BCUT2D eigenvalue weighted by molar-refractivity contribution is 0.360. The van der Waals surface area contributed by atoms with Gasteiger partial charge >= 0.3 is 0 Å². The van der Waals surface area contributed by atoms with Crippen molar-refractivity contribution in [1.82, 2.24) is 5.32 Å². The standard InChI is InChI=1S/C14H20BrNO/c1-3-5-9-17-14-7-6-12(10-13(14)15)11-16-8-4-2/h3,5-7,10,16H,4,8-9,11H2,1-2H3. The molecule has 0 aliphatic heterocycles. The van der Waals surface area contributed by atoms with E-state index >= 15 is 0 Å². The van der Waals surface area contributed by atoms with Crippen molar-refractivity contribution in [2.75, 3.05) is 13.2 Å². The topological polar surface area (TPSA) is 21.3 Å². The Bertz CT molecular complexity index is 363. The third-order valence-corrected chi connectivity index (χ3v) is 2.94. The second kappa shape index (κ2) is 8.31. The number of hydrogen-bond donors (Lipinski definition) is 1. The van der Waals surface area contributed by atoms with Crippen LogP contribution in [0.25, 0.3) is 0 Å². The highest BCUT2D eigenvalue weighted by Gasteiger charge is 2.01. The number of nitrogens with one attached hydrogen (secondary N) is 1. The lowest BCUT2D eigenvalue weighted by Gasteiger charge is -2.08. The van der Waals surface area contributed by atoms with Gasteiger partial charge in [0.2, 0.25) is 0 Å². The van der Waals surface area contributed by atoms with Gasteiger partial charge in [0.25, 0.3) is 0 Å². The van der Waals surface area contributed by atoms with Gasteiger partial charge in [0.05, 0.1) is 4.47 Å². The van der Waals surface area contributed by atoms with Gasteiger partial charge in [-0.05, 0) is 53.5 Å². The van der Waals surface area contributed by atoms with Gasteiger partial charge in [-0.25, -0.2) is 0 Å². The highest BCUT2D eigenvalue weighted by Crippen LogP contribution is 2.25. The average Bonchev–Trinajstić information content (AvgIpc) is 2.32. The molecule has 17 heavy (non-hydrogen) atoms. The van der Waals surface area contributed by atoms with Crippen LogP contribution in [0.15, 0.2) is 34.8 Å². The van der Waals surface area contributed by atoms with Crippen LogP contribution < -0.4 is 10.1 Å². The number of rotatable bonds is 7. The van der Waals surface area contributed by atoms with Crippen molar-refractivity contribution >= 4 is 15.9 Å². The molecule has 3 heteroatoms. The van der Waals surface area contributed by atoms with Crippen LogP contribution in [0.5, 0.6) is 5.75 Å². The summed E-state index contributed by atoms with van der Waals surface area (Å²) in [6.07, 6.45) is 5.13. The van der Waals surface area contributed by atoms with Gasteiger partial charge in [-0.1, -0.05) is 25.1 Å². The van der Waals surface area contributed by atoms with E-state index in [2.05, 4.69) is 40.3 Å². The average molecular weight is 298 g/mol. The van der Waals surface area contributed by atoms with Gasteiger partial charge in [-0.2, -0.15) is 0 Å². The second-order valence-corrected chi connectivity index (χ2v) is 4.68. The molecule has 0 heterocycles. The predicted molar refractivity (Wildman–Crippen MR) is 76.4 cm³/mol. The first-order valence-corrected chi connectivity index (χ1v) is 6.80. The molecule has 0 saturated heterocycles. The molecule has 0 aliphatic rings. The highest BCUT2D eigenvalue weighted by atomic mass is 79.9. The molecule has 2 nitrogen and oxygen atoms in total. The molecule has 0 aromatic heterocycles. The monoisotopic (exact) mass is 297 g/mol. The van der Waals surface area contributed by atoms with Crippen LogP contribution in [-0.2, 0) is 6.54 Å². The van der Waals surface area contributed by atoms with Gasteiger partial charge in [0, 0.05) is 6.54 Å². The zero-order valence-corrected chi connectivity index (χ0v) is 12.1. The lowest BCUT2D eigenvalue weighted by atomic mass is 10.2. The quantitative estimate of drug-likeness (QED) is 0.609. The van der Waals surface area contributed by atoms with Crippen LogP contribution in [-0.4, -0.2) is 13.2 Å². The molecule has 1 rings (SSSR count). The van der Waals surface area contributed by atoms with E-state index < -0.39 is 0 Å². The number of ether oxygens (including phenoxy) is 1.